The van der Waals surface area contributed by atoms with Gasteiger partial charge in [-0.1, -0.05) is 26.0 Å². The predicted octanol–water partition coefficient (Wildman–Crippen LogP) is 3.09. The molecule has 3 rings (SSSR count). The van der Waals surface area contributed by atoms with Crippen molar-refractivity contribution in [2.75, 3.05) is 13.1 Å². The van der Waals surface area contributed by atoms with Gasteiger partial charge in [-0.3, -0.25) is 4.79 Å². The summed E-state index contributed by atoms with van der Waals surface area (Å²) in [6.07, 6.45) is 2.56. The summed E-state index contributed by atoms with van der Waals surface area (Å²) in [7, 11) is 0. The summed E-state index contributed by atoms with van der Waals surface area (Å²) >= 11 is 1.71. The van der Waals surface area contributed by atoms with Crippen LogP contribution in [0.4, 0.5) is 4.79 Å². The summed E-state index contributed by atoms with van der Waals surface area (Å²) < 4.78 is 1.18. The van der Waals surface area contributed by atoms with E-state index in [1.165, 1.54) is 4.70 Å². The third-order valence-corrected chi connectivity index (χ3v) is 5.91. The van der Waals surface area contributed by atoms with Crippen molar-refractivity contribution >= 4 is 33.5 Å². The summed E-state index contributed by atoms with van der Waals surface area (Å²) in [5.74, 6) is 0.502. The number of amides is 3. The summed E-state index contributed by atoms with van der Waals surface area (Å²) in [6, 6.07) is 6.92. The fourth-order valence-corrected chi connectivity index (χ4v) is 4.62. The van der Waals surface area contributed by atoms with E-state index in [0.29, 0.717) is 18.9 Å². The first kappa shape index (κ1) is 18.6. The molecule has 1 aromatic heterocycles. The number of nitrogens with zero attached hydrogens (tertiary/aromatic N) is 2. The molecule has 1 aliphatic rings. The number of hydrogen-bond acceptors (Lipinski definition) is 4. The number of thiazole rings is 1. The van der Waals surface area contributed by atoms with Gasteiger partial charge in [0.1, 0.15) is 6.04 Å². The highest BCUT2D eigenvalue weighted by molar-refractivity contribution is 7.18. The highest BCUT2D eigenvalue weighted by atomic mass is 32.1. The average Bonchev–Trinajstić information content (AvgIpc) is 3.04. The monoisotopic (exact) mass is 374 g/mol. The van der Waals surface area contributed by atoms with Crippen molar-refractivity contribution in [3.8, 4) is 0 Å². The Morgan fingerprint density at radius 1 is 1.38 bits per heavy atom. The van der Waals surface area contributed by atoms with E-state index in [9.17, 15) is 9.59 Å². The minimum atomic E-state index is -0.649. The van der Waals surface area contributed by atoms with E-state index in [1.807, 2.05) is 36.9 Å². The lowest BCUT2D eigenvalue weighted by molar-refractivity contribution is -0.134. The number of para-hydroxylation sites is 1. The zero-order valence-corrected chi connectivity index (χ0v) is 16.1. The number of aromatic nitrogens is 1. The second-order valence-corrected chi connectivity index (χ2v) is 8.40. The predicted molar refractivity (Wildman–Crippen MR) is 104 cm³/mol. The molecule has 140 valence electrons. The number of piperidine rings is 1. The number of rotatable bonds is 5. The number of urea groups is 1. The highest BCUT2D eigenvalue weighted by Gasteiger charge is 2.31. The first-order valence-corrected chi connectivity index (χ1v) is 9.96. The Labute approximate surface area is 157 Å². The molecule has 2 aromatic rings. The molecule has 0 radical (unpaired) electrons. The van der Waals surface area contributed by atoms with Gasteiger partial charge in [0.2, 0.25) is 5.91 Å². The fraction of sp³-hybridized carbons (Fsp3) is 0.526. The number of benzene rings is 1. The molecule has 1 saturated heterocycles. The summed E-state index contributed by atoms with van der Waals surface area (Å²) in [5, 5.41) is 3.71. The topological polar surface area (TPSA) is 88.3 Å². The zero-order valence-electron chi connectivity index (χ0n) is 15.3. The second kappa shape index (κ2) is 8.03. The first-order chi connectivity index (χ1) is 12.4. The summed E-state index contributed by atoms with van der Waals surface area (Å²) in [6.45, 7) is 5.43. The Morgan fingerprint density at radius 2 is 2.15 bits per heavy atom. The van der Waals surface area contributed by atoms with E-state index >= 15 is 0 Å². The van der Waals surface area contributed by atoms with Gasteiger partial charge >= 0.3 is 6.03 Å². The lowest BCUT2D eigenvalue weighted by atomic mass is 9.96. The van der Waals surface area contributed by atoms with E-state index in [0.717, 1.165) is 29.9 Å². The molecule has 1 aliphatic heterocycles. The number of hydrogen-bond donors (Lipinski definition) is 2. The van der Waals surface area contributed by atoms with Crippen molar-refractivity contribution in [3.05, 3.63) is 29.3 Å². The van der Waals surface area contributed by atoms with Crippen molar-refractivity contribution in [2.24, 2.45) is 11.7 Å². The number of likely N-dealkylation sites (tertiary alicyclic amines) is 1. The van der Waals surface area contributed by atoms with Crippen LogP contribution in [-0.4, -0.2) is 41.0 Å². The second-order valence-electron chi connectivity index (χ2n) is 7.33. The standard InChI is InChI=1S/C19H26N4O2S/c1-12(2)10-15(22-19(20)25)18(24)23-9-5-6-13(11-23)17-21-14-7-3-4-8-16(14)26-17/h3-4,7-8,12-13,15H,5-6,9-11H2,1-2H3,(H3,20,22,25)/t13-,15-/m1/s1. The molecule has 7 heteroatoms. The number of primary amides is 1. The maximum atomic E-state index is 13.0. The number of nitrogens with two attached hydrogens (primary N) is 1. The molecule has 1 fully saturated rings. The number of fused-ring (bicyclic) bond motifs is 1. The maximum Gasteiger partial charge on any atom is 0.312 e. The van der Waals surface area contributed by atoms with Crippen LogP contribution in [0.1, 0.15) is 44.0 Å². The largest absolute Gasteiger partial charge is 0.352 e. The van der Waals surface area contributed by atoms with Gasteiger partial charge in [0.25, 0.3) is 0 Å². The Kier molecular flexibility index (Phi) is 5.76. The van der Waals surface area contributed by atoms with Gasteiger partial charge in [-0.25, -0.2) is 9.78 Å². The Balaban J connectivity index is 1.73. The van der Waals surface area contributed by atoms with Crippen molar-refractivity contribution < 1.29 is 9.59 Å². The molecule has 2 atom stereocenters. The molecule has 0 aliphatic carbocycles. The van der Waals surface area contributed by atoms with E-state index < -0.39 is 12.1 Å². The summed E-state index contributed by atoms with van der Waals surface area (Å²) in [5.41, 5.74) is 6.29. The van der Waals surface area contributed by atoms with E-state index in [4.69, 9.17) is 10.7 Å². The lowest BCUT2D eigenvalue weighted by Gasteiger charge is -2.34. The molecule has 2 heterocycles. The maximum absolute atomic E-state index is 13.0. The number of carbonyl (C=O) groups is 2. The van der Waals surface area contributed by atoms with Gasteiger partial charge < -0.3 is 16.0 Å². The Bertz CT molecular complexity index is 756. The first-order valence-electron chi connectivity index (χ1n) is 9.14. The smallest absolute Gasteiger partial charge is 0.312 e. The molecule has 0 saturated carbocycles. The van der Waals surface area contributed by atoms with Crippen LogP contribution in [0.25, 0.3) is 10.2 Å². The van der Waals surface area contributed by atoms with Crippen LogP contribution in [0.3, 0.4) is 0 Å². The Morgan fingerprint density at radius 3 is 2.85 bits per heavy atom. The van der Waals surface area contributed by atoms with Gasteiger partial charge in [-0.15, -0.1) is 11.3 Å². The third kappa shape index (κ3) is 4.33. The molecule has 3 amide bonds. The average molecular weight is 375 g/mol. The number of carbonyl (C=O) groups excluding carboxylic acids is 2. The molecule has 1 aromatic carbocycles. The quantitative estimate of drug-likeness (QED) is 0.843. The van der Waals surface area contributed by atoms with Crippen LogP contribution in [-0.2, 0) is 4.79 Å². The molecule has 6 nitrogen and oxygen atoms in total. The Hall–Kier alpha value is -2.15. The van der Waals surface area contributed by atoms with Crippen molar-refractivity contribution in [1.82, 2.24) is 15.2 Å². The minimum absolute atomic E-state index is 0.0386. The van der Waals surface area contributed by atoms with Gasteiger partial charge in [0.15, 0.2) is 0 Å². The highest BCUT2D eigenvalue weighted by Crippen LogP contribution is 2.33. The zero-order chi connectivity index (χ0) is 18.7. The van der Waals surface area contributed by atoms with E-state index in [2.05, 4.69) is 11.4 Å². The van der Waals surface area contributed by atoms with Gasteiger partial charge in [-0.2, -0.15) is 0 Å². The van der Waals surface area contributed by atoms with E-state index in [1.54, 1.807) is 11.3 Å². The fourth-order valence-electron chi connectivity index (χ4n) is 3.53. The van der Waals surface area contributed by atoms with Gasteiger partial charge in [0.05, 0.1) is 15.2 Å². The third-order valence-electron chi connectivity index (χ3n) is 4.71. The molecule has 0 spiro atoms. The molecular weight excluding hydrogens is 348 g/mol. The molecular formula is C19H26N4O2S. The molecule has 0 bridgehead atoms. The molecule has 26 heavy (non-hydrogen) atoms. The lowest BCUT2D eigenvalue weighted by Crippen LogP contribution is -2.52. The van der Waals surface area contributed by atoms with Crippen LogP contribution in [0.15, 0.2) is 24.3 Å². The van der Waals surface area contributed by atoms with Crippen LogP contribution in [0.5, 0.6) is 0 Å². The van der Waals surface area contributed by atoms with Gasteiger partial charge in [-0.05, 0) is 37.3 Å². The number of nitrogens with one attached hydrogen (secondary N) is 1. The van der Waals surface area contributed by atoms with Gasteiger partial charge in [0, 0.05) is 19.0 Å². The van der Waals surface area contributed by atoms with Crippen LogP contribution >= 0.6 is 11.3 Å². The molecule has 3 N–H and O–H groups in total. The van der Waals surface area contributed by atoms with Crippen LogP contribution in [0.2, 0.25) is 0 Å². The normalized spacial score (nSPS) is 18.9. The minimum Gasteiger partial charge on any atom is -0.352 e. The van der Waals surface area contributed by atoms with Crippen LogP contribution in [0, 0.1) is 5.92 Å². The summed E-state index contributed by atoms with van der Waals surface area (Å²) in [4.78, 5) is 30.9. The SMILES string of the molecule is CC(C)C[C@@H](NC(N)=O)C(=O)N1CCC[C@@H](c2nc3ccccc3s2)C1. The van der Waals surface area contributed by atoms with Crippen molar-refractivity contribution in [1.29, 1.82) is 0 Å². The van der Waals surface area contributed by atoms with Crippen molar-refractivity contribution in [2.45, 2.75) is 45.1 Å². The van der Waals surface area contributed by atoms with Crippen molar-refractivity contribution in [3.63, 3.8) is 0 Å². The molecule has 0 unspecified atom stereocenters. The van der Waals surface area contributed by atoms with Crippen LogP contribution < -0.4 is 11.1 Å². The van der Waals surface area contributed by atoms with E-state index in [-0.39, 0.29) is 11.8 Å².